The van der Waals surface area contributed by atoms with Gasteiger partial charge >= 0.3 is 0 Å². The van der Waals surface area contributed by atoms with Crippen molar-refractivity contribution in [2.45, 2.75) is 51.2 Å². The summed E-state index contributed by atoms with van der Waals surface area (Å²) in [6, 6.07) is 14.3. The highest BCUT2D eigenvalue weighted by molar-refractivity contribution is 5.76. The van der Waals surface area contributed by atoms with Gasteiger partial charge in [-0.25, -0.2) is 0 Å². The predicted molar refractivity (Wildman–Crippen MR) is 103 cm³/mol. The molecule has 0 heterocycles. The first-order valence-corrected chi connectivity index (χ1v) is 9.36. The van der Waals surface area contributed by atoms with Crippen LogP contribution in [0.1, 0.15) is 43.2 Å². The summed E-state index contributed by atoms with van der Waals surface area (Å²) in [4.78, 5) is 22.7. The first-order valence-electron chi connectivity index (χ1n) is 9.36. The Morgan fingerprint density at radius 3 is 2.70 bits per heavy atom. The molecule has 6 heteroatoms. The molecular formula is C21H24N2O4. The third-order valence-electron chi connectivity index (χ3n) is 4.81. The number of para-hydroxylation sites is 1. The van der Waals surface area contributed by atoms with E-state index >= 15 is 0 Å². The molecule has 1 N–H and O–H groups in total. The van der Waals surface area contributed by atoms with Gasteiger partial charge in [-0.3, -0.25) is 14.9 Å². The van der Waals surface area contributed by atoms with Crippen molar-refractivity contribution in [1.82, 2.24) is 5.32 Å². The van der Waals surface area contributed by atoms with Gasteiger partial charge in [0.2, 0.25) is 5.91 Å². The third kappa shape index (κ3) is 5.54. The van der Waals surface area contributed by atoms with Gasteiger partial charge in [0.05, 0.1) is 11.0 Å². The predicted octanol–water partition coefficient (Wildman–Crippen LogP) is 4.17. The van der Waals surface area contributed by atoms with Crippen LogP contribution < -0.4 is 10.1 Å². The zero-order chi connectivity index (χ0) is 19.1. The highest BCUT2D eigenvalue weighted by Crippen LogP contribution is 2.25. The van der Waals surface area contributed by atoms with E-state index in [0.717, 1.165) is 24.2 Å². The Labute approximate surface area is 158 Å². The van der Waals surface area contributed by atoms with E-state index in [2.05, 4.69) is 5.32 Å². The molecule has 2 aromatic rings. The van der Waals surface area contributed by atoms with E-state index in [-0.39, 0.29) is 18.1 Å². The maximum Gasteiger partial charge on any atom is 0.274 e. The smallest absolute Gasteiger partial charge is 0.274 e. The standard InChI is InChI=1S/C21H24N2O4/c24-21(22-15-17-7-1-4-11-20(17)23(25)26)13-12-16-6-5-10-19(14-16)27-18-8-2-3-9-18/h1,4-7,10-11,14,18H,2-3,8-9,12-13,15H2,(H,22,24). The van der Waals surface area contributed by atoms with E-state index in [1.807, 2.05) is 24.3 Å². The number of nitro groups is 1. The lowest BCUT2D eigenvalue weighted by molar-refractivity contribution is -0.385. The number of nitro benzene ring substituents is 1. The van der Waals surface area contributed by atoms with Gasteiger partial charge in [0.15, 0.2) is 0 Å². The topological polar surface area (TPSA) is 81.5 Å². The zero-order valence-electron chi connectivity index (χ0n) is 15.2. The summed E-state index contributed by atoms with van der Waals surface area (Å²) in [5.41, 5.74) is 1.57. The fourth-order valence-corrected chi connectivity index (χ4v) is 3.35. The van der Waals surface area contributed by atoms with Crippen molar-refractivity contribution in [2.24, 2.45) is 0 Å². The first kappa shape index (κ1) is 18.9. The van der Waals surface area contributed by atoms with Crippen LogP contribution in [0.25, 0.3) is 0 Å². The van der Waals surface area contributed by atoms with Gasteiger partial charge in [-0.05, 0) is 49.8 Å². The maximum absolute atomic E-state index is 12.1. The lowest BCUT2D eigenvalue weighted by Crippen LogP contribution is -2.23. The molecular weight excluding hydrogens is 344 g/mol. The number of hydrogen-bond acceptors (Lipinski definition) is 4. The van der Waals surface area contributed by atoms with E-state index in [1.165, 1.54) is 18.9 Å². The summed E-state index contributed by atoms with van der Waals surface area (Å²) in [5, 5.41) is 13.8. The molecule has 0 saturated heterocycles. The highest BCUT2D eigenvalue weighted by Gasteiger charge is 2.16. The molecule has 0 bridgehead atoms. The molecule has 0 atom stereocenters. The lowest BCUT2D eigenvalue weighted by Gasteiger charge is -2.13. The van der Waals surface area contributed by atoms with Gasteiger partial charge in [-0.2, -0.15) is 0 Å². The number of aryl methyl sites for hydroxylation is 1. The van der Waals surface area contributed by atoms with Crippen molar-refractivity contribution in [3.8, 4) is 5.75 Å². The first-order chi connectivity index (χ1) is 13.1. The summed E-state index contributed by atoms with van der Waals surface area (Å²) in [6.07, 6.45) is 5.91. The SMILES string of the molecule is O=C(CCc1cccc(OC2CCCC2)c1)NCc1ccccc1[N+](=O)[O-]. The van der Waals surface area contributed by atoms with Crippen molar-refractivity contribution in [3.63, 3.8) is 0 Å². The van der Waals surface area contributed by atoms with Gasteiger partial charge in [0, 0.05) is 24.6 Å². The van der Waals surface area contributed by atoms with Crippen LogP contribution in [0.15, 0.2) is 48.5 Å². The minimum absolute atomic E-state index is 0.0227. The normalized spacial score (nSPS) is 14.1. The number of rotatable bonds is 8. The maximum atomic E-state index is 12.1. The Morgan fingerprint density at radius 2 is 1.93 bits per heavy atom. The summed E-state index contributed by atoms with van der Waals surface area (Å²) >= 11 is 0. The van der Waals surface area contributed by atoms with Crippen molar-refractivity contribution in [1.29, 1.82) is 0 Å². The summed E-state index contributed by atoms with van der Waals surface area (Å²) in [5.74, 6) is 0.731. The van der Waals surface area contributed by atoms with Crippen LogP contribution in [0.5, 0.6) is 5.75 Å². The second kappa shape index (κ2) is 9.16. The highest BCUT2D eigenvalue weighted by atomic mass is 16.6. The second-order valence-corrected chi connectivity index (χ2v) is 6.83. The number of amides is 1. The molecule has 1 aliphatic carbocycles. The van der Waals surface area contributed by atoms with Crippen LogP contribution in [-0.2, 0) is 17.8 Å². The third-order valence-corrected chi connectivity index (χ3v) is 4.81. The molecule has 0 spiro atoms. The van der Waals surface area contributed by atoms with Gasteiger partial charge in [-0.1, -0.05) is 30.3 Å². The van der Waals surface area contributed by atoms with Gasteiger partial charge in [-0.15, -0.1) is 0 Å². The Hall–Kier alpha value is -2.89. The molecule has 142 valence electrons. The summed E-state index contributed by atoms with van der Waals surface area (Å²) in [6.45, 7) is 0.154. The largest absolute Gasteiger partial charge is 0.490 e. The Bertz CT molecular complexity index is 800. The van der Waals surface area contributed by atoms with E-state index in [4.69, 9.17) is 4.74 Å². The number of nitrogens with one attached hydrogen (secondary N) is 1. The molecule has 1 fully saturated rings. The van der Waals surface area contributed by atoms with Crippen LogP contribution in [0.4, 0.5) is 5.69 Å². The van der Waals surface area contributed by atoms with E-state index < -0.39 is 4.92 Å². The fourth-order valence-electron chi connectivity index (χ4n) is 3.35. The fraction of sp³-hybridized carbons (Fsp3) is 0.381. The minimum atomic E-state index is -0.433. The van der Waals surface area contributed by atoms with Crippen LogP contribution >= 0.6 is 0 Å². The lowest BCUT2D eigenvalue weighted by atomic mass is 10.1. The minimum Gasteiger partial charge on any atom is -0.490 e. The number of nitrogens with zero attached hydrogens (tertiary/aromatic N) is 1. The van der Waals surface area contributed by atoms with Crippen LogP contribution in [0.3, 0.4) is 0 Å². The molecule has 0 aliphatic heterocycles. The van der Waals surface area contributed by atoms with Crippen molar-refractivity contribution >= 4 is 11.6 Å². The van der Waals surface area contributed by atoms with Crippen molar-refractivity contribution in [3.05, 3.63) is 69.8 Å². The van der Waals surface area contributed by atoms with Crippen LogP contribution in [0, 0.1) is 10.1 Å². The molecule has 0 unspecified atom stereocenters. The second-order valence-electron chi connectivity index (χ2n) is 6.83. The average Bonchev–Trinajstić information content (AvgIpc) is 3.18. The molecule has 1 amide bonds. The van der Waals surface area contributed by atoms with Gasteiger partial charge in [0.25, 0.3) is 5.69 Å². The van der Waals surface area contributed by atoms with Gasteiger partial charge < -0.3 is 10.1 Å². The summed E-state index contributed by atoms with van der Waals surface area (Å²) < 4.78 is 6.00. The van der Waals surface area contributed by atoms with E-state index in [0.29, 0.717) is 24.5 Å². The average molecular weight is 368 g/mol. The zero-order valence-corrected chi connectivity index (χ0v) is 15.2. The molecule has 2 aromatic carbocycles. The number of carbonyl (C=O) groups is 1. The molecule has 3 rings (SSSR count). The molecule has 1 saturated carbocycles. The Kier molecular flexibility index (Phi) is 6.41. The molecule has 0 radical (unpaired) electrons. The van der Waals surface area contributed by atoms with E-state index in [9.17, 15) is 14.9 Å². The molecule has 6 nitrogen and oxygen atoms in total. The quantitative estimate of drug-likeness (QED) is 0.560. The van der Waals surface area contributed by atoms with E-state index in [1.54, 1.807) is 18.2 Å². The monoisotopic (exact) mass is 368 g/mol. The van der Waals surface area contributed by atoms with Crippen molar-refractivity contribution < 1.29 is 14.5 Å². The number of hydrogen-bond donors (Lipinski definition) is 1. The van der Waals surface area contributed by atoms with Crippen LogP contribution in [-0.4, -0.2) is 16.9 Å². The Balaban J connectivity index is 1.48. The Morgan fingerprint density at radius 1 is 1.15 bits per heavy atom. The molecule has 1 aliphatic rings. The van der Waals surface area contributed by atoms with Gasteiger partial charge in [0.1, 0.15) is 5.75 Å². The molecule has 27 heavy (non-hydrogen) atoms. The van der Waals surface area contributed by atoms with Crippen LogP contribution in [0.2, 0.25) is 0 Å². The molecule has 0 aromatic heterocycles. The summed E-state index contributed by atoms with van der Waals surface area (Å²) in [7, 11) is 0. The number of ether oxygens (including phenoxy) is 1. The number of carbonyl (C=O) groups excluding carboxylic acids is 1. The number of benzene rings is 2. The van der Waals surface area contributed by atoms with Crippen molar-refractivity contribution in [2.75, 3.05) is 0 Å².